The van der Waals surface area contributed by atoms with E-state index >= 15 is 0 Å². The summed E-state index contributed by atoms with van der Waals surface area (Å²) in [6.07, 6.45) is 3.26. The molecule has 0 saturated carbocycles. The molecule has 0 spiro atoms. The van der Waals surface area contributed by atoms with Crippen LogP contribution in [0.15, 0.2) is 73.1 Å². The fraction of sp³-hybridized carbons (Fsp3) is 0. The van der Waals surface area contributed by atoms with Crippen molar-refractivity contribution in [2.24, 2.45) is 0 Å². The minimum Gasteiger partial charge on any atom is -0.871 e. The Kier molecular flexibility index (Phi) is 9.24. The van der Waals surface area contributed by atoms with Gasteiger partial charge in [-0.2, -0.15) is 0 Å². The minimum atomic E-state index is -0.0110. The number of pyridine rings is 2. The Morgan fingerprint density at radius 3 is 1.28 bits per heavy atom. The Labute approximate surface area is 157 Å². The Hall–Kier alpha value is -2.60. The van der Waals surface area contributed by atoms with Gasteiger partial charge in [0.2, 0.25) is 0 Å². The molecule has 124 valence electrons. The molecule has 6 N–H and O–H groups in total. The summed E-state index contributed by atoms with van der Waals surface area (Å²) in [6.45, 7) is 0. The average molecular weight is 392 g/mol. The molecular formula is C18H18N2O4Zn+2. The van der Waals surface area contributed by atoms with Crippen molar-refractivity contribution in [3.05, 3.63) is 73.1 Å². The topological polar surface area (TPSA) is 138 Å². The van der Waals surface area contributed by atoms with Crippen LogP contribution in [0.3, 0.4) is 0 Å². The number of nitrogens with zero attached hydrogens (tertiary/aromatic N) is 2. The summed E-state index contributed by atoms with van der Waals surface area (Å²) in [5, 5.41) is 24.0. The van der Waals surface area contributed by atoms with Gasteiger partial charge in [0.25, 0.3) is 0 Å². The third-order valence-corrected chi connectivity index (χ3v) is 3.19. The number of benzene rings is 2. The maximum absolute atomic E-state index is 11.1. The summed E-state index contributed by atoms with van der Waals surface area (Å²) < 4.78 is 0. The van der Waals surface area contributed by atoms with Gasteiger partial charge in [0.15, 0.2) is 0 Å². The second kappa shape index (κ2) is 10.3. The second-order valence-corrected chi connectivity index (χ2v) is 4.66. The average Bonchev–Trinajstić information content (AvgIpc) is 2.57. The Morgan fingerprint density at radius 2 is 0.920 bits per heavy atom. The SMILES string of the molecule is [O-]c1cccc2cccnc12.[O-]c1cccc2cccnc12.[OH3+].[OH3+].[Zn+2]. The first kappa shape index (κ1) is 22.4. The standard InChI is InChI=1S/2C9H7NO.2H2O.Zn/c2*11-8-5-1-3-7-4-2-6-10-9(7)8;;;/h2*1-6,11H;2*1H2;/q;;;;+2. The van der Waals surface area contributed by atoms with Crippen LogP contribution in [0.4, 0.5) is 0 Å². The van der Waals surface area contributed by atoms with Gasteiger partial charge in [-0.1, -0.05) is 60.0 Å². The van der Waals surface area contributed by atoms with E-state index in [4.69, 9.17) is 0 Å². The molecule has 4 rings (SSSR count). The largest absolute Gasteiger partial charge is 2.00 e. The van der Waals surface area contributed by atoms with E-state index in [0.717, 1.165) is 10.8 Å². The first-order valence-electron chi connectivity index (χ1n) is 6.77. The van der Waals surface area contributed by atoms with Crippen LogP contribution in [0.2, 0.25) is 0 Å². The number of hydrogen-bond acceptors (Lipinski definition) is 4. The molecule has 0 fully saturated rings. The monoisotopic (exact) mass is 390 g/mol. The molecule has 25 heavy (non-hydrogen) atoms. The molecule has 2 heterocycles. The van der Waals surface area contributed by atoms with Crippen LogP contribution in [0.1, 0.15) is 0 Å². The first-order valence-corrected chi connectivity index (χ1v) is 6.77. The Balaban J connectivity index is 0.000000411. The van der Waals surface area contributed by atoms with Crippen LogP contribution in [0, 0.1) is 0 Å². The van der Waals surface area contributed by atoms with Crippen molar-refractivity contribution in [2.45, 2.75) is 0 Å². The number of para-hydroxylation sites is 2. The van der Waals surface area contributed by atoms with Crippen molar-refractivity contribution in [3.8, 4) is 11.5 Å². The van der Waals surface area contributed by atoms with E-state index in [2.05, 4.69) is 9.97 Å². The van der Waals surface area contributed by atoms with E-state index in [0.29, 0.717) is 11.0 Å². The maximum atomic E-state index is 11.1. The first-order chi connectivity index (χ1) is 10.8. The molecule has 6 nitrogen and oxygen atoms in total. The van der Waals surface area contributed by atoms with Crippen molar-refractivity contribution >= 4 is 21.8 Å². The Bertz CT molecular complexity index is 847. The van der Waals surface area contributed by atoms with E-state index in [1.807, 2.05) is 36.4 Å². The molecule has 0 aliphatic heterocycles. The fourth-order valence-corrected chi connectivity index (χ4v) is 2.15. The van der Waals surface area contributed by atoms with Gasteiger partial charge in [0, 0.05) is 12.4 Å². The molecule has 0 aliphatic carbocycles. The van der Waals surface area contributed by atoms with E-state index in [1.54, 1.807) is 24.5 Å². The molecule has 0 bridgehead atoms. The summed E-state index contributed by atoms with van der Waals surface area (Å²) in [6, 6.07) is 17.7. The van der Waals surface area contributed by atoms with E-state index < -0.39 is 0 Å². The van der Waals surface area contributed by atoms with Gasteiger partial charge < -0.3 is 21.2 Å². The summed E-state index contributed by atoms with van der Waals surface area (Å²) >= 11 is 0. The number of fused-ring (bicyclic) bond motifs is 2. The summed E-state index contributed by atoms with van der Waals surface area (Å²) in [7, 11) is 0. The molecule has 0 radical (unpaired) electrons. The molecule has 0 atom stereocenters. The van der Waals surface area contributed by atoms with Crippen molar-refractivity contribution < 1.29 is 40.6 Å². The molecule has 2 aromatic heterocycles. The summed E-state index contributed by atoms with van der Waals surface area (Å²) in [5.41, 5.74) is 1.10. The van der Waals surface area contributed by atoms with Crippen LogP contribution in [-0.4, -0.2) is 9.97 Å². The van der Waals surface area contributed by atoms with Gasteiger partial charge in [0.1, 0.15) is 0 Å². The van der Waals surface area contributed by atoms with E-state index in [1.165, 1.54) is 12.1 Å². The van der Waals surface area contributed by atoms with Crippen LogP contribution in [-0.2, 0) is 30.4 Å². The zero-order chi connectivity index (χ0) is 15.4. The van der Waals surface area contributed by atoms with Gasteiger partial charge in [-0.3, -0.25) is 9.97 Å². The second-order valence-electron chi connectivity index (χ2n) is 4.66. The molecule has 7 heteroatoms. The zero-order valence-corrected chi connectivity index (χ0v) is 16.5. The predicted octanol–water partition coefficient (Wildman–Crippen LogP) is 0.771. The van der Waals surface area contributed by atoms with Crippen molar-refractivity contribution in [2.75, 3.05) is 0 Å². The predicted molar refractivity (Wildman–Crippen MR) is 92.1 cm³/mol. The van der Waals surface area contributed by atoms with Gasteiger partial charge in [0.05, 0.1) is 11.0 Å². The third-order valence-electron chi connectivity index (χ3n) is 3.19. The van der Waals surface area contributed by atoms with Gasteiger partial charge in [-0.05, 0) is 22.9 Å². The molecule has 0 unspecified atom stereocenters. The number of rotatable bonds is 0. The van der Waals surface area contributed by atoms with Crippen molar-refractivity contribution in [1.82, 2.24) is 9.97 Å². The van der Waals surface area contributed by atoms with Gasteiger partial charge in [-0.15, -0.1) is 0 Å². The summed E-state index contributed by atoms with van der Waals surface area (Å²) in [5.74, 6) is -0.0220. The smallest absolute Gasteiger partial charge is 0.871 e. The summed E-state index contributed by atoms with van der Waals surface area (Å²) in [4.78, 5) is 7.94. The van der Waals surface area contributed by atoms with Crippen LogP contribution < -0.4 is 10.2 Å². The molecule has 0 amide bonds. The number of aromatic nitrogens is 2. The number of hydrogen-bond donors (Lipinski definition) is 0. The van der Waals surface area contributed by atoms with Crippen LogP contribution in [0.5, 0.6) is 11.5 Å². The molecule has 0 aliphatic rings. The van der Waals surface area contributed by atoms with E-state index in [9.17, 15) is 10.2 Å². The van der Waals surface area contributed by atoms with Gasteiger partial charge in [-0.25, -0.2) is 0 Å². The Morgan fingerprint density at radius 1 is 0.560 bits per heavy atom. The fourth-order valence-electron chi connectivity index (χ4n) is 2.15. The molecule has 0 saturated heterocycles. The zero-order valence-electron chi connectivity index (χ0n) is 13.5. The van der Waals surface area contributed by atoms with Crippen LogP contribution in [0.25, 0.3) is 21.8 Å². The normalized spacial score (nSPS) is 8.96. The third kappa shape index (κ3) is 5.19. The molecule has 2 aromatic carbocycles. The maximum Gasteiger partial charge on any atom is 2.00 e. The van der Waals surface area contributed by atoms with Crippen LogP contribution >= 0.6 is 0 Å². The molecular weight excluding hydrogens is 374 g/mol. The quantitative estimate of drug-likeness (QED) is 0.322. The van der Waals surface area contributed by atoms with Crippen molar-refractivity contribution in [3.63, 3.8) is 0 Å². The van der Waals surface area contributed by atoms with Crippen molar-refractivity contribution in [1.29, 1.82) is 0 Å². The van der Waals surface area contributed by atoms with E-state index in [-0.39, 0.29) is 41.9 Å². The molecule has 4 aromatic rings. The minimum absolute atomic E-state index is 0. The van der Waals surface area contributed by atoms with Gasteiger partial charge >= 0.3 is 19.5 Å².